The van der Waals surface area contributed by atoms with Gasteiger partial charge in [0, 0.05) is 28.4 Å². The number of halogens is 1. The lowest BCUT2D eigenvalue weighted by molar-refractivity contribution is -0.116. The highest BCUT2D eigenvalue weighted by Gasteiger charge is 2.09. The lowest BCUT2D eigenvalue weighted by Gasteiger charge is -2.09. The van der Waals surface area contributed by atoms with Crippen LogP contribution in [0.5, 0.6) is 5.75 Å². The first-order chi connectivity index (χ1) is 15.9. The van der Waals surface area contributed by atoms with E-state index in [9.17, 15) is 14.4 Å². The highest BCUT2D eigenvalue weighted by molar-refractivity contribution is 6.30. The van der Waals surface area contributed by atoms with Crippen molar-refractivity contribution in [2.45, 2.75) is 19.8 Å². The lowest BCUT2D eigenvalue weighted by atomic mass is 10.1. The monoisotopic (exact) mass is 466 g/mol. The summed E-state index contributed by atoms with van der Waals surface area (Å²) < 4.78 is 9.67. The van der Waals surface area contributed by atoms with E-state index in [0.29, 0.717) is 34.8 Å². The summed E-state index contributed by atoms with van der Waals surface area (Å²) in [6, 6.07) is 20.3. The molecule has 8 heteroatoms. The Kier molecular flexibility index (Phi) is 8.43. The summed E-state index contributed by atoms with van der Waals surface area (Å²) in [6.45, 7) is 1.89. The predicted molar refractivity (Wildman–Crippen MR) is 127 cm³/mol. The normalized spacial score (nSPS) is 10.2. The Morgan fingerprint density at radius 1 is 0.879 bits per heavy atom. The van der Waals surface area contributed by atoms with Gasteiger partial charge in [-0.3, -0.25) is 9.59 Å². The number of benzene rings is 3. The first-order valence-corrected chi connectivity index (χ1v) is 10.7. The van der Waals surface area contributed by atoms with Gasteiger partial charge in [0.15, 0.2) is 0 Å². The molecule has 0 aliphatic rings. The molecule has 0 radical (unpaired) electrons. The molecule has 0 aromatic heterocycles. The van der Waals surface area contributed by atoms with Crippen LogP contribution in [0, 0.1) is 0 Å². The lowest BCUT2D eigenvalue weighted by Crippen LogP contribution is -2.14. The van der Waals surface area contributed by atoms with E-state index in [-0.39, 0.29) is 24.2 Å². The van der Waals surface area contributed by atoms with E-state index >= 15 is 0 Å². The van der Waals surface area contributed by atoms with Crippen molar-refractivity contribution in [3.05, 3.63) is 88.9 Å². The van der Waals surface area contributed by atoms with Crippen LogP contribution in [0.25, 0.3) is 0 Å². The van der Waals surface area contributed by atoms with E-state index in [1.54, 1.807) is 49.4 Å². The van der Waals surface area contributed by atoms with Crippen molar-refractivity contribution in [2.75, 3.05) is 17.2 Å². The van der Waals surface area contributed by atoms with Crippen molar-refractivity contribution in [1.29, 1.82) is 0 Å². The molecular weight excluding hydrogens is 444 g/mol. The molecule has 0 atom stereocenters. The van der Waals surface area contributed by atoms with E-state index in [0.717, 1.165) is 5.56 Å². The Bertz CT molecular complexity index is 1110. The van der Waals surface area contributed by atoms with Gasteiger partial charge in [-0.2, -0.15) is 0 Å². The maximum Gasteiger partial charge on any atom is 0.513 e. The number of amides is 2. The largest absolute Gasteiger partial charge is 0.513 e. The van der Waals surface area contributed by atoms with Crippen molar-refractivity contribution < 1.29 is 23.9 Å². The number of nitrogens with one attached hydrogen (secondary N) is 2. The van der Waals surface area contributed by atoms with Crippen LogP contribution >= 0.6 is 11.6 Å². The molecule has 3 aromatic rings. The van der Waals surface area contributed by atoms with Gasteiger partial charge in [-0.05, 0) is 79.6 Å². The van der Waals surface area contributed by atoms with Gasteiger partial charge < -0.3 is 20.1 Å². The second kappa shape index (κ2) is 11.7. The summed E-state index contributed by atoms with van der Waals surface area (Å²) in [5.41, 5.74) is 2.59. The molecule has 33 heavy (non-hydrogen) atoms. The van der Waals surface area contributed by atoms with E-state index in [4.69, 9.17) is 21.1 Å². The average Bonchev–Trinajstić information content (AvgIpc) is 2.80. The number of anilines is 2. The molecule has 0 saturated heterocycles. The number of hydrogen-bond acceptors (Lipinski definition) is 5. The van der Waals surface area contributed by atoms with Gasteiger partial charge in [0.05, 0.1) is 6.61 Å². The number of ether oxygens (including phenoxy) is 2. The minimum atomic E-state index is -0.800. The molecular formula is C25H23ClN2O5. The van der Waals surface area contributed by atoms with Crippen LogP contribution in [-0.2, 0) is 16.0 Å². The third kappa shape index (κ3) is 7.66. The van der Waals surface area contributed by atoms with Crippen molar-refractivity contribution >= 4 is 40.9 Å². The standard InChI is InChI=1S/C25H23ClN2O5/c1-2-32-25(31)33-22-13-7-18(8-14-22)24(30)28-21-11-9-20(10-12-21)27-23(29)15-6-17-4-3-5-19(26)16-17/h3-5,7-14,16H,2,6,15H2,1H3,(H,27,29)(H,28,30). The Hall–Kier alpha value is -3.84. The fraction of sp³-hybridized carbons (Fsp3) is 0.160. The zero-order valence-electron chi connectivity index (χ0n) is 18.0. The van der Waals surface area contributed by atoms with Gasteiger partial charge in [0.1, 0.15) is 5.75 Å². The summed E-state index contributed by atoms with van der Waals surface area (Å²) in [7, 11) is 0. The molecule has 0 unspecified atom stereocenters. The second-order valence-electron chi connectivity index (χ2n) is 7.02. The molecule has 2 N–H and O–H groups in total. The van der Waals surface area contributed by atoms with Gasteiger partial charge in [-0.15, -0.1) is 0 Å². The fourth-order valence-corrected chi connectivity index (χ4v) is 3.14. The van der Waals surface area contributed by atoms with Gasteiger partial charge >= 0.3 is 6.16 Å². The van der Waals surface area contributed by atoms with Gasteiger partial charge in [0.2, 0.25) is 5.91 Å². The van der Waals surface area contributed by atoms with Crippen LogP contribution in [-0.4, -0.2) is 24.6 Å². The first kappa shape index (κ1) is 23.8. The summed E-state index contributed by atoms with van der Waals surface area (Å²) in [5, 5.41) is 6.25. The Balaban J connectivity index is 1.48. The number of carbonyl (C=O) groups is 3. The van der Waals surface area contributed by atoms with Crippen molar-refractivity contribution in [2.24, 2.45) is 0 Å². The molecule has 0 bridgehead atoms. The number of aryl methyl sites for hydroxylation is 1. The minimum Gasteiger partial charge on any atom is -0.434 e. The molecule has 0 spiro atoms. The summed E-state index contributed by atoms with van der Waals surface area (Å²) in [5.74, 6) is -0.159. The van der Waals surface area contributed by atoms with Crippen LogP contribution in [0.3, 0.4) is 0 Å². The molecule has 0 saturated carbocycles. The predicted octanol–water partition coefficient (Wildman–Crippen LogP) is 5.70. The van der Waals surface area contributed by atoms with E-state index in [2.05, 4.69) is 10.6 Å². The quantitative estimate of drug-likeness (QED) is 0.328. The zero-order valence-corrected chi connectivity index (χ0v) is 18.7. The number of rotatable bonds is 8. The number of hydrogen-bond donors (Lipinski definition) is 2. The van der Waals surface area contributed by atoms with E-state index in [1.165, 1.54) is 12.1 Å². The highest BCUT2D eigenvalue weighted by Crippen LogP contribution is 2.18. The zero-order chi connectivity index (χ0) is 23.6. The maximum atomic E-state index is 12.4. The molecule has 7 nitrogen and oxygen atoms in total. The second-order valence-corrected chi connectivity index (χ2v) is 7.46. The average molecular weight is 467 g/mol. The molecule has 2 amide bonds. The summed E-state index contributed by atoms with van der Waals surface area (Å²) in [6.07, 6.45) is 0.116. The van der Waals surface area contributed by atoms with Crippen molar-refractivity contribution in [3.63, 3.8) is 0 Å². The van der Waals surface area contributed by atoms with E-state index in [1.807, 2.05) is 18.2 Å². The summed E-state index contributed by atoms with van der Waals surface area (Å²) >= 11 is 5.96. The Labute approximate surface area is 196 Å². The van der Waals surface area contributed by atoms with Crippen LogP contribution in [0.15, 0.2) is 72.8 Å². The van der Waals surface area contributed by atoms with Crippen LogP contribution in [0.4, 0.5) is 16.2 Å². The van der Waals surface area contributed by atoms with E-state index < -0.39 is 6.16 Å². The van der Waals surface area contributed by atoms with Crippen molar-refractivity contribution in [1.82, 2.24) is 0 Å². The molecule has 0 heterocycles. The molecule has 0 aliphatic carbocycles. The third-order valence-electron chi connectivity index (χ3n) is 4.54. The topological polar surface area (TPSA) is 93.7 Å². The van der Waals surface area contributed by atoms with Gasteiger partial charge in [-0.1, -0.05) is 23.7 Å². The van der Waals surface area contributed by atoms with Crippen LogP contribution in [0.2, 0.25) is 5.02 Å². The Morgan fingerprint density at radius 2 is 1.55 bits per heavy atom. The molecule has 170 valence electrons. The van der Waals surface area contributed by atoms with Crippen LogP contribution < -0.4 is 15.4 Å². The molecule has 3 rings (SSSR count). The van der Waals surface area contributed by atoms with Gasteiger partial charge in [-0.25, -0.2) is 4.79 Å². The molecule has 3 aromatic carbocycles. The molecule has 0 aliphatic heterocycles. The Morgan fingerprint density at radius 3 is 2.18 bits per heavy atom. The van der Waals surface area contributed by atoms with Crippen molar-refractivity contribution in [3.8, 4) is 5.75 Å². The number of carbonyl (C=O) groups excluding carboxylic acids is 3. The maximum absolute atomic E-state index is 12.4. The molecule has 0 fully saturated rings. The SMILES string of the molecule is CCOC(=O)Oc1ccc(C(=O)Nc2ccc(NC(=O)CCc3cccc(Cl)c3)cc2)cc1. The third-order valence-corrected chi connectivity index (χ3v) is 4.77. The smallest absolute Gasteiger partial charge is 0.434 e. The minimum absolute atomic E-state index is 0.114. The fourth-order valence-electron chi connectivity index (χ4n) is 2.93. The highest BCUT2D eigenvalue weighted by atomic mass is 35.5. The summed E-state index contributed by atoms with van der Waals surface area (Å²) in [4.78, 5) is 36.0. The van der Waals surface area contributed by atoms with Gasteiger partial charge in [0.25, 0.3) is 5.91 Å². The first-order valence-electron chi connectivity index (χ1n) is 10.3. The van der Waals surface area contributed by atoms with Crippen LogP contribution in [0.1, 0.15) is 29.3 Å².